The van der Waals surface area contributed by atoms with Crippen LogP contribution in [-0.2, 0) is 11.3 Å². The lowest BCUT2D eigenvalue weighted by Gasteiger charge is -2.26. The molecule has 0 amide bonds. The molecule has 6 heteroatoms. The van der Waals surface area contributed by atoms with Crippen molar-refractivity contribution < 1.29 is 14.6 Å². The van der Waals surface area contributed by atoms with Gasteiger partial charge in [0.2, 0.25) is 0 Å². The van der Waals surface area contributed by atoms with E-state index in [-0.39, 0.29) is 17.6 Å². The number of pyridine rings is 1. The molecular formula is C18H20ClNO4. The van der Waals surface area contributed by atoms with Gasteiger partial charge < -0.3 is 14.4 Å². The van der Waals surface area contributed by atoms with E-state index in [1.165, 1.54) is 17.9 Å². The van der Waals surface area contributed by atoms with E-state index in [0.717, 1.165) is 25.7 Å². The standard InChI is InChI=1S/C18H20ClNO4/c19-10-6-2-1-3-7-18(8-4-5-9-18)13-20-11-15(22)17(23)16(12-20)24-14-21/h1-3,6-7,10-12,14,22H,4-5,8-9,13H2/b2-1-,7-3+,10-6+. The van der Waals surface area contributed by atoms with Crippen LogP contribution in [0.2, 0.25) is 0 Å². The molecule has 128 valence electrons. The average molecular weight is 350 g/mol. The van der Waals surface area contributed by atoms with E-state index in [1.807, 2.05) is 18.2 Å². The zero-order chi connectivity index (χ0) is 17.4. The summed E-state index contributed by atoms with van der Waals surface area (Å²) in [4.78, 5) is 22.2. The highest BCUT2D eigenvalue weighted by Crippen LogP contribution is 2.41. The van der Waals surface area contributed by atoms with E-state index in [9.17, 15) is 14.7 Å². The van der Waals surface area contributed by atoms with Crippen LogP contribution in [0.4, 0.5) is 0 Å². The van der Waals surface area contributed by atoms with Gasteiger partial charge in [-0.2, -0.15) is 0 Å². The first kappa shape index (κ1) is 18.1. The largest absolute Gasteiger partial charge is 0.503 e. The third-order valence-corrected chi connectivity index (χ3v) is 4.30. The summed E-state index contributed by atoms with van der Waals surface area (Å²) in [5.41, 5.74) is 0.688. The lowest BCUT2D eigenvalue weighted by molar-refractivity contribution is -0.120. The zero-order valence-electron chi connectivity index (χ0n) is 13.2. The van der Waals surface area contributed by atoms with Crippen LogP contribution in [-0.4, -0.2) is 16.1 Å². The smallest absolute Gasteiger partial charge is 0.298 e. The molecule has 1 aliphatic carbocycles. The van der Waals surface area contributed by atoms with Crippen LogP contribution in [0.1, 0.15) is 25.7 Å². The summed E-state index contributed by atoms with van der Waals surface area (Å²) in [7, 11) is 0. The fourth-order valence-electron chi connectivity index (χ4n) is 3.07. The van der Waals surface area contributed by atoms with Crippen molar-refractivity contribution in [3.05, 3.63) is 58.5 Å². The minimum Gasteiger partial charge on any atom is -0.503 e. The number of halogens is 1. The van der Waals surface area contributed by atoms with E-state index in [1.54, 1.807) is 10.6 Å². The van der Waals surface area contributed by atoms with Gasteiger partial charge in [-0.15, -0.1) is 0 Å². The summed E-state index contributed by atoms with van der Waals surface area (Å²) >= 11 is 5.47. The van der Waals surface area contributed by atoms with Crippen LogP contribution in [0.25, 0.3) is 0 Å². The van der Waals surface area contributed by atoms with Crippen molar-refractivity contribution in [2.45, 2.75) is 32.2 Å². The molecule has 2 rings (SSSR count). The summed E-state index contributed by atoms with van der Waals surface area (Å²) in [5.74, 6) is -0.604. The summed E-state index contributed by atoms with van der Waals surface area (Å²) in [6.07, 6.45) is 16.7. The molecule has 24 heavy (non-hydrogen) atoms. The van der Waals surface area contributed by atoms with Crippen molar-refractivity contribution in [3.8, 4) is 11.5 Å². The van der Waals surface area contributed by atoms with Gasteiger partial charge in [-0.25, -0.2) is 0 Å². The number of hydrogen-bond acceptors (Lipinski definition) is 4. The Bertz CT molecular complexity index is 712. The van der Waals surface area contributed by atoms with Crippen molar-refractivity contribution in [2.75, 3.05) is 0 Å². The lowest BCUT2D eigenvalue weighted by Crippen LogP contribution is -2.22. The van der Waals surface area contributed by atoms with E-state index in [2.05, 4.69) is 10.8 Å². The second-order valence-electron chi connectivity index (χ2n) is 5.86. The number of nitrogens with zero attached hydrogens (tertiary/aromatic N) is 1. The van der Waals surface area contributed by atoms with Gasteiger partial charge in [-0.05, 0) is 12.8 Å². The predicted molar refractivity (Wildman–Crippen MR) is 93.2 cm³/mol. The van der Waals surface area contributed by atoms with Crippen molar-refractivity contribution in [1.82, 2.24) is 4.57 Å². The molecule has 0 aromatic carbocycles. The van der Waals surface area contributed by atoms with Crippen molar-refractivity contribution in [2.24, 2.45) is 5.41 Å². The molecule has 1 aliphatic rings. The summed E-state index contributed by atoms with van der Waals surface area (Å²) in [6.45, 7) is 0.771. The molecule has 1 N–H and O–H groups in total. The van der Waals surface area contributed by atoms with Gasteiger partial charge >= 0.3 is 0 Å². The molecule has 0 radical (unpaired) electrons. The number of carbonyl (C=O) groups excluding carboxylic acids is 1. The molecule has 1 aromatic heterocycles. The number of aromatic nitrogens is 1. The fourth-order valence-corrected chi connectivity index (χ4v) is 3.15. The second-order valence-corrected chi connectivity index (χ2v) is 6.11. The molecular weight excluding hydrogens is 330 g/mol. The van der Waals surface area contributed by atoms with E-state index >= 15 is 0 Å². The first-order chi connectivity index (χ1) is 11.6. The Morgan fingerprint density at radius 3 is 2.58 bits per heavy atom. The Hall–Kier alpha value is -2.27. The zero-order valence-corrected chi connectivity index (χ0v) is 14.0. The van der Waals surface area contributed by atoms with Gasteiger partial charge in [-0.3, -0.25) is 9.59 Å². The van der Waals surface area contributed by atoms with Crippen molar-refractivity contribution >= 4 is 18.1 Å². The van der Waals surface area contributed by atoms with Crippen LogP contribution in [0.5, 0.6) is 11.5 Å². The number of ether oxygens (including phenoxy) is 1. The Morgan fingerprint density at radius 2 is 1.92 bits per heavy atom. The predicted octanol–water partition coefficient (Wildman–Crippen LogP) is 3.51. The van der Waals surface area contributed by atoms with Gasteiger partial charge in [0, 0.05) is 17.5 Å². The van der Waals surface area contributed by atoms with Crippen LogP contribution in [0, 0.1) is 5.41 Å². The number of carbonyl (C=O) groups is 1. The van der Waals surface area contributed by atoms with Crippen LogP contribution >= 0.6 is 11.6 Å². The molecule has 0 unspecified atom stereocenters. The van der Waals surface area contributed by atoms with Crippen LogP contribution < -0.4 is 10.2 Å². The minimum absolute atomic E-state index is 0.0605. The van der Waals surface area contributed by atoms with Gasteiger partial charge in [-0.1, -0.05) is 54.8 Å². The monoisotopic (exact) mass is 349 g/mol. The molecule has 0 aliphatic heterocycles. The number of allylic oxidation sites excluding steroid dienone is 5. The quantitative estimate of drug-likeness (QED) is 0.604. The normalized spacial score (nSPS) is 17.2. The van der Waals surface area contributed by atoms with Crippen molar-refractivity contribution in [3.63, 3.8) is 0 Å². The molecule has 0 spiro atoms. The Morgan fingerprint density at radius 1 is 1.21 bits per heavy atom. The minimum atomic E-state index is -0.690. The molecule has 0 bridgehead atoms. The third-order valence-electron chi connectivity index (χ3n) is 4.16. The van der Waals surface area contributed by atoms with E-state index < -0.39 is 11.2 Å². The summed E-state index contributed by atoms with van der Waals surface area (Å²) < 4.78 is 6.36. The van der Waals surface area contributed by atoms with Gasteiger partial charge in [0.05, 0.1) is 12.4 Å². The van der Waals surface area contributed by atoms with Crippen molar-refractivity contribution in [1.29, 1.82) is 0 Å². The molecule has 0 atom stereocenters. The molecule has 5 nitrogen and oxygen atoms in total. The Balaban J connectivity index is 2.24. The fraction of sp³-hybridized carbons (Fsp3) is 0.333. The summed E-state index contributed by atoms with van der Waals surface area (Å²) in [6, 6.07) is 0. The maximum atomic E-state index is 11.7. The van der Waals surface area contributed by atoms with E-state index in [4.69, 9.17) is 11.6 Å². The maximum Gasteiger partial charge on any atom is 0.298 e. The highest BCUT2D eigenvalue weighted by molar-refractivity contribution is 6.25. The number of hydrogen-bond donors (Lipinski definition) is 1. The maximum absolute atomic E-state index is 11.7. The highest BCUT2D eigenvalue weighted by Gasteiger charge is 2.31. The molecule has 1 heterocycles. The van der Waals surface area contributed by atoms with Crippen LogP contribution in [0.3, 0.4) is 0 Å². The topological polar surface area (TPSA) is 68.5 Å². The molecule has 1 saturated carbocycles. The van der Waals surface area contributed by atoms with Gasteiger partial charge in [0.1, 0.15) is 0 Å². The molecule has 1 aromatic rings. The SMILES string of the molecule is O=COc1cn(CC2(/C=C/C=C\C=C\Cl)CCCC2)cc(O)c1=O. The number of aromatic hydroxyl groups is 1. The molecule has 0 saturated heterocycles. The Kier molecular flexibility index (Phi) is 6.44. The lowest BCUT2D eigenvalue weighted by atomic mass is 9.85. The van der Waals surface area contributed by atoms with Crippen LogP contribution in [0.15, 0.2) is 53.1 Å². The number of rotatable bonds is 7. The second kappa shape index (κ2) is 8.55. The first-order valence-electron chi connectivity index (χ1n) is 7.75. The summed E-state index contributed by atoms with van der Waals surface area (Å²) in [5, 5.41) is 9.76. The molecule has 1 fully saturated rings. The Labute approximate surface area is 145 Å². The third kappa shape index (κ3) is 4.61. The van der Waals surface area contributed by atoms with E-state index in [0.29, 0.717) is 6.54 Å². The van der Waals surface area contributed by atoms with Gasteiger partial charge in [0.15, 0.2) is 11.5 Å². The average Bonchev–Trinajstić information content (AvgIpc) is 3.01. The highest BCUT2D eigenvalue weighted by atomic mass is 35.5. The van der Waals surface area contributed by atoms with Gasteiger partial charge in [0.25, 0.3) is 11.9 Å². The first-order valence-corrected chi connectivity index (χ1v) is 8.18.